The van der Waals surface area contributed by atoms with Crippen LogP contribution in [0, 0.1) is 12.3 Å². The van der Waals surface area contributed by atoms with Crippen LogP contribution in [0.4, 0.5) is 0 Å². The minimum atomic E-state index is -0.0948. The van der Waals surface area contributed by atoms with Crippen molar-refractivity contribution in [3.8, 4) is 6.01 Å². The van der Waals surface area contributed by atoms with Gasteiger partial charge in [0.1, 0.15) is 18.1 Å². The third kappa shape index (κ3) is 4.78. The van der Waals surface area contributed by atoms with Crippen molar-refractivity contribution in [3.63, 3.8) is 0 Å². The average molecular weight is 238 g/mol. The Balaban J connectivity index is 2.50. The lowest BCUT2D eigenvalue weighted by Gasteiger charge is -2.07. The maximum atomic E-state index is 7.30. The van der Waals surface area contributed by atoms with Crippen molar-refractivity contribution in [3.05, 3.63) is 17.5 Å². The van der Waals surface area contributed by atoms with Crippen molar-refractivity contribution in [1.82, 2.24) is 9.97 Å². The molecule has 0 aromatic carbocycles. The van der Waals surface area contributed by atoms with Crippen LogP contribution >= 0.6 is 0 Å². The molecule has 1 heterocycles. The lowest BCUT2D eigenvalue weighted by molar-refractivity contribution is 0.0971. The van der Waals surface area contributed by atoms with Crippen LogP contribution < -0.4 is 10.5 Å². The average Bonchev–Trinajstić information content (AvgIpc) is 2.28. The smallest absolute Gasteiger partial charge is 0.317 e. The number of aromatic nitrogens is 2. The quantitative estimate of drug-likeness (QED) is 0.417. The summed E-state index contributed by atoms with van der Waals surface area (Å²) in [5.41, 5.74) is 6.45. The van der Waals surface area contributed by atoms with Crippen LogP contribution in [0.15, 0.2) is 6.07 Å². The minimum absolute atomic E-state index is 0.0948. The summed E-state index contributed by atoms with van der Waals surface area (Å²) in [6.45, 7) is 5.45. The second kappa shape index (κ2) is 6.80. The zero-order valence-corrected chi connectivity index (χ0v) is 10.2. The molecule has 0 atom stereocenters. The van der Waals surface area contributed by atoms with Crippen molar-refractivity contribution in [2.24, 2.45) is 5.73 Å². The van der Waals surface area contributed by atoms with Crippen LogP contribution in [0.1, 0.15) is 24.7 Å². The molecule has 0 bridgehead atoms. The Morgan fingerprint density at radius 2 is 2.12 bits per heavy atom. The van der Waals surface area contributed by atoms with Gasteiger partial charge in [-0.25, -0.2) is 4.98 Å². The molecule has 0 fully saturated rings. The standard InChI is InChI=1S/C11H18N4O2/c1-3-4-16-5-6-17-11-14-8(2)7-9(15-11)10(12)13/h7H,3-6H2,1-2H3,(H3,12,13). The van der Waals surface area contributed by atoms with E-state index in [0.717, 1.165) is 18.7 Å². The fraction of sp³-hybridized carbons (Fsp3) is 0.545. The van der Waals surface area contributed by atoms with E-state index in [0.29, 0.717) is 18.9 Å². The highest BCUT2D eigenvalue weighted by Gasteiger charge is 2.05. The third-order valence-corrected chi connectivity index (χ3v) is 1.92. The van der Waals surface area contributed by atoms with E-state index in [1.165, 1.54) is 0 Å². The molecule has 0 aliphatic rings. The predicted octanol–water partition coefficient (Wildman–Crippen LogP) is 0.874. The van der Waals surface area contributed by atoms with Crippen molar-refractivity contribution < 1.29 is 9.47 Å². The van der Waals surface area contributed by atoms with Gasteiger partial charge >= 0.3 is 6.01 Å². The molecule has 0 aliphatic heterocycles. The van der Waals surface area contributed by atoms with Crippen molar-refractivity contribution >= 4 is 5.84 Å². The first-order chi connectivity index (χ1) is 8.13. The third-order valence-electron chi connectivity index (χ3n) is 1.92. The summed E-state index contributed by atoms with van der Waals surface area (Å²) < 4.78 is 10.6. The first-order valence-corrected chi connectivity index (χ1v) is 5.54. The van der Waals surface area contributed by atoms with Crippen LogP contribution in [0.25, 0.3) is 0 Å². The number of hydrogen-bond donors (Lipinski definition) is 2. The SMILES string of the molecule is CCCOCCOc1nc(C)cc(C(=N)N)n1. The maximum absolute atomic E-state index is 7.30. The molecule has 94 valence electrons. The molecule has 1 aromatic heterocycles. The highest BCUT2D eigenvalue weighted by molar-refractivity contribution is 5.93. The first-order valence-electron chi connectivity index (χ1n) is 5.54. The molecule has 0 unspecified atom stereocenters. The first kappa shape index (κ1) is 13.4. The topological polar surface area (TPSA) is 94.1 Å². The lowest BCUT2D eigenvalue weighted by Crippen LogP contribution is -2.16. The van der Waals surface area contributed by atoms with Gasteiger partial charge in [-0.2, -0.15) is 4.98 Å². The largest absolute Gasteiger partial charge is 0.461 e. The summed E-state index contributed by atoms with van der Waals surface area (Å²) in [6.07, 6.45) is 0.982. The molecule has 1 aromatic rings. The van der Waals surface area contributed by atoms with Gasteiger partial charge in [-0.15, -0.1) is 0 Å². The van der Waals surface area contributed by atoms with Crippen molar-refractivity contribution in [2.75, 3.05) is 19.8 Å². The van der Waals surface area contributed by atoms with E-state index in [1.54, 1.807) is 13.0 Å². The van der Waals surface area contributed by atoms with E-state index in [1.807, 2.05) is 6.92 Å². The highest BCUT2D eigenvalue weighted by Crippen LogP contribution is 2.06. The van der Waals surface area contributed by atoms with Gasteiger partial charge in [-0.05, 0) is 19.4 Å². The molecule has 0 spiro atoms. The normalized spacial score (nSPS) is 10.2. The maximum Gasteiger partial charge on any atom is 0.317 e. The number of nitrogens with two attached hydrogens (primary N) is 1. The zero-order chi connectivity index (χ0) is 12.7. The van der Waals surface area contributed by atoms with E-state index in [2.05, 4.69) is 9.97 Å². The molecule has 6 heteroatoms. The molecule has 3 N–H and O–H groups in total. The van der Waals surface area contributed by atoms with Crippen LogP contribution in [-0.4, -0.2) is 35.6 Å². The van der Waals surface area contributed by atoms with Crippen LogP contribution in [0.5, 0.6) is 6.01 Å². The van der Waals surface area contributed by atoms with Crippen LogP contribution in [0.2, 0.25) is 0 Å². The second-order valence-corrected chi connectivity index (χ2v) is 3.55. The molecule has 0 saturated carbocycles. The van der Waals surface area contributed by atoms with Gasteiger partial charge in [-0.1, -0.05) is 6.92 Å². The van der Waals surface area contributed by atoms with E-state index >= 15 is 0 Å². The van der Waals surface area contributed by atoms with E-state index in [9.17, 15) is 0 Å². The summed E-state index contributed by atoms with van der Waals surface area (Å²) in [6, 6.07) is 1.87. The molecule has 17 heavy (non-hydrogen) atoms. The lowest BCUT2D eigenvalue weighted by atomic mass is 10.3. The number of rotatable bonds is 7. The van der Waals surface area contributed by atoms with Gasteiger partial charge in [0, 0.05) is 12.3 Å². The number of amidine groups is 1. The van der Waals surface area contributed by atoms with Gasteiger partial charge in [0.2, 0.25) is 0 Å². The Kier molecular flexibility index (Phi) is 5.35. The molecule has 0 aliphatic carbocycles. The molecule has 0 radical (unpaired) electrons. The predicted molar refractivity (Wildman–Crippen MR) is 64.4 cm³/mol. The molecular formula is C11H18N4O2. The Labute approximate surface area is 101 Å². The summed E-state index contributed by atoms with van der Waals surface area (Å²) in [4.78, 5) is 8.11. The summed E-state index contributed by atoms with van der Waals surface area (Å²) >= 11 is 0. The van der Waals surface area contributed by atoms with E-state index in [4.69, 9.17) is 20.6 Å². The molecule has 1 rings (SSSR count). The van der Waals surface area contributed by atoms with Gasteiger partial charge < -0.3 is 15.2 Å². The van der Waals surface area contributed by atoms with E-state index < -0.39 is 0 Å². The number of nitrogens with one attached hydrogen (secondary N) is 1. The second-order valence-electron chi connectivity index (χ2n) is 3.55. The number of nitrogen functional groups attached to an aromatic ring is 1. The minimum Gasteiger partial charge on any atom is -0.461 e. The van der Waals surface area contributed by atoms with E-state index in [-0.39, 0.29) is 11.8 Å². The number of nitrogens with zero attached hydrogens (tertiary/aromatic N) is 2. The van der Waals surface area contributed by atoms with Gasteiger partial charge in [0.15, 0.2) is 0 Å². The molecular weight excluding hydrogens is 220 g/mol. The summed E-state index contributed by atoms with van der Waals surface area (Å²) in [5, 5.41) is 7.30. The highest BCUT2D eigenvalue weighted by atomic mass is 16.5. The number of hydrogen-bond acceptors (Lipinski definition) is 5. The zero-order valence-electron chi connectivity index (χ0n) is 10.2. The van der Waals surface area contributed by atoms with Crippen molar-refractivity contribution in [1.29, 1.82) is 5.41 Å². The molecule has 0 saturated heterocycles. The summed E-state index contributed by atoms with van der Waals surface area (Å²) in [7, 11) is 0. The fourth-order valence-electron chi connectivity index (χ4n) is 1.18. The van der Waals surface area contributed by atoms with Crippen LogP contribution in [-0.2, 0) is 4.74 Å². The molecule has 6 nitrogen and oxygen atoms in total. The Bertz CT molecular complexity index is 382. The fourth-order valence-corrected chi connectivity index (χ4v) is 1.18. The van der Waals surface area contributed by atoms with Gasteiger partial charge in [0.05, 0.1) is 6.61 Å². The van der Waals surface area contributed by atoms with Gasteiger partial charge in [0.25, 0.3) is 0 Å². The number of ether oxygens (including phenoxy) is 2. The monoisotopic (exact) mass is 238 g/mol. The Morgan fingerprint density at radius 1 is 1.35 bits per heavy atom. The van der Waals surface area contributed by atoms with Crippen molar-refractivity contribution in [2.45, 2.75) is 20.3 Å². The van der Waals surface area contributed by atoms with Crippen LogP contribution in [0.3, 0.4) is 0 Å². The Morgan fingerprint density at radius 3 is 2.76 bits per heavy atom. The van der Waals surface area contributed by atoms with Gasteiger partial charge in [-0.3, -0.25) is 5.41 Å². The molecule has 0 amide bonds. The Hall–Kier alpha value is -1.69. The number of aryl methyl sites for hydroxylation is 1. The summed E-state index contributed by atoms with van der Waals surface area (Å²) in [5.74, 6) is -0.0948.